The maximum Gasteiger partial charge on any atom is 0.287 e. The lowest BCUT2D eigenvalue weighted by Gasteiger charge is -2.32. The van der Waals surface area contributed by atoms with Crippen molar-refractivity contribution in [2.24, 2.45) is 13.0 Å². The maximum absolute atomic E-state index is 13.7. The molecule has 1 aliphatic carbocycles. The molecule has 0 N–H and O–H groups in total. The third-order valence-electron chi connectivity index (χ3n) is 7.50. The van der Waals surface area contributed by atoms with E-state index in [0.717, 1.165) is 54.8 Å². The Labute approximate surface area is 205 Å². The van der Waals surface area contributed by atoms with E-state index in [0.29, 0.717) is 30.0 Å². The monoisotopic (exact) mass is 491 g/mol. The zero-order valence-corrected chi connectivity index (χ0v) is 20.8. The molecule has 1 fully saturated rings. The van der Waals surface area contributed by atoms with Gasteiger partial charge >= 0.3 is 0 Å². The van der Waals surface area contributed by atoms with Gasteiger partial charge in [0.15, 0.2) is 5.03 Å². The minimum Gasteiger partial charge on any atom is -0.367 e. The van der Waals surface area contributed by atoms with E-state index in [1.54, 1.807) is 23.7 Å². The van der Waals surface area contributed by atoms with Gasteiger partial charge < -0.3 is 14.4 Å². The minimum absolute atomic E-state index is 0.0187. The third-order valence-corrected chi connectivity index (χ3v) is 9.14. The number of aromatic nitrogens is 3. The van der Waals surface area contributed by atoms with Gasteiger partial charge in [-0.25, -0.2) is 8.96 Å². The van der Waals surface area contributed by atoms with Crippen LogP contribution < -0.4 is 0 Å². The van der Waals surface area contributed by atoms with Crippen LogP contribution in [0.4, 0.5) is 0 Å². The molecule has 1 saturated heterocycles. The highest BCUT2D eigenvalue weighted by Crippen LogP contribution is 2.36. The SMILES string of the molecule is CC1CCN(C(=O)c2ccc3c(c2)c2c(n3S(=O)(=O)c3cn(C)cn3)CCN(C3=CC=C3)C2)CC1. The fraction of sp³-hybridized carbons (Fsp3) is 0.385. The fourth-order valence-corrected chi connectivity index (χ4v) is 6.93. The summed E-state index contributed by atoms with van der Waals surface area (Å²) >= 11 is 0. The minimum atomic E-state index is -3.89. The van der Waals surface area contributed by atoms with Gasteiger partial charge in [-0.05, 0) is 49.1 Å². The summed E-state index contributed by atoms with van der Waals surface area (Å²) in [6, 6.07) is 5.46. The molecule has 3 aliphatic rings. The van der Waals surface area contributed by atoms with Crippen molar-refractivity contribution in [3.8, 4) is 0 Å². The van der Waals surface area contributed by atoms with Gasteiger partial charge in [-0.15, -0.1) is 0 Å². The van der Waals surface area contributed by atoms with Gasteiger partial charge in [0.05, 0.1) is 11.8 Å². The van der Waals surface area contributed by atoms with Gasteiger partial charge in [0, 0.05) is 73.7 Å². The highest BCUT2D eigenvalue weighted by atomic mass is 32.2. The summed E-state index contributed by atoms with van der Waals surface area (Å²) in [4.78, 5) is 21.7. The molecule has 0 bridgehead atoms. The average Bonchev–Trinajstić information content (AvgIpc) is 3.39. The van der Waals surface area contributed by atoms with Gasteiger partial charge in [0.1, 0.15) is 0 Å². The Bertz CT molecular complexity index is 1500. The largest absolute Gasteiger partial charge is 0.367 e. The van der Waals surface area contributed by atoms with E-state index in [2.05, 4.69) is 29.0 Å². The number of hydrogen-bond acceptors (Lipinski definition) is 5. The van der Waals surface area contributed by atoms with E-state index in [1.165, 1.54) is 16.5 Å². The van der Waals surface area contributed by atoms with Crippen LogP contribution in [0.1, 0.15) is 41.4 Å². The van der Waals surface area contributed by atoms with Crippen molar-refractivity contribution < 1.29 is 13.2 Å². The molecule has 2 aromatic heterocycles. The van der Waals surface area contributed by atoms with E-state index in [9.17, 15) is 13.2 Å². The van der Waals surface area contributed by atoms with Gasteiger partial charge in [-0.3, -0.25) is 4.79 Å². The average molecular weight is 492 g/mol. The van der Waals surface area contributed by atoms with Crippen molar-refractivity contribution in [1.82, 2.24) is 23.3 Å². The van der Waals surface area contributed by atoms with Crippen LogP contribution in [-0.2, 0) is 30.0 Å². The number of carbonyl (C=O) groups excluding carboxylic acids is 1. The molecule has 6 rings (SSSR count). The maximum atomic E-state index is 13.7. The number of rotatable bonds is 4. The first-order chi connectivity index (χ1) is 16.8. The summed E-state index contributed by atoms with van der Waals surface area (Å²) in [5, 5.41) is 0.846. The number of imidazole rings is 1. The first-order valence-corrected chi connectivity index (χ1v) is 13.6. The molecule has 0 spiro atoms. The van der Waals surface area contributed by atoms with E-state index in [4.69, 9.17) is 0 Å². The summed E-state index contributed by atoms with van der Waals surface area (Å²) < 4.78 is 30.6. The number of carbonyl (C=O) groups is 1. The molecule has 9 heteroatoms. The smallest absolute Gasteiger partial charge is 0.287 e. The number of amides is 1. The Morgan fingerprint density at radius 2 is 1.91 bits per heavy atom. The lowest BCUT2D eigenvalue weighted by Crippen LogP contribution is -2.37. The molecule has 0 unspecified atom stereocenters. The van der Waals surface area contributed by atoms with Crippen LogP contribution in [-0.4, -0.2) is 57.3 Å². The molecule has 182 valence electrons. The zero-order valence-electron chi connectivity index (χ0n) is 20.0. The van der Waals surface area contributed by atoms with E-state index in [-0.39, 0.29) is 10.9 Å². The second-order valence-corrected chi connectivity index (χ2v) is 11.6. The number of allylic oxidation sites excluding steroid dienone is 3. The van der Waals surface area contributed by atoms with Crippen molar-refractivity contribution >= 4 is 26.8 Å². The number of benzene rings is 1. The number of hydrogen-bond donors (Lipinski definition) is 0. The predicted molar refractivity (Wildman–Crippen MR) is 133 cm³/mol. The standard InChI is InChI=1S/C26H29N5O3S/c1-18-8-11-29(12-9-18)26(32)19-6-7-23-21(14-19)22-15-30(20-4-3-5-20)13-10-24(22)31(23)35(33,34)25-16-28(2)17-27-25/h3-7,14,16-18H,8-13,15H2,1-2H3. The molecule has 0 saturated carbocycles. The van der Waals surface area contributed by atoms with Gasteiger partial charge in [0.25, 0.3) is 15.9 Å². The molecular weight excluding hydrogens is 462 g/mol. The predicted octanol–water partition coefficient (Wildman–Crippen LogP) is 3.30. The lowest BCUT2D eigenvalue weighted by atomic mass is 9.98. The Morgan fingerprint density at radius 1 is 1.14 bits per heavy atom. The molecule has 0 atom stereocenters. The molecule has 8 nitrogen and oxygen atoms in total. The van der Waals surface area contributed by atoms with Crippen LogP contribution in [0.3, 0.4) is 0 Å². The molecule has 35 heavy (non-hydrogen) atoms. The van der Waals surface area contributed by atoms with Crippen molar-refractivity contribution in [1.29, 1.82) is 0 Å². The van der Waals surface area contributed by atoms with Crippen molar-refractivity contribution in [3.05, 3.63) is 71.5 Å². The van der Waals surface area contributed by atoms with Crippen LogP contribution in [0.25, 0.3) is 10.9 Å². The molecule has 1 aromatic carbocycles. The Balaban J connectivity index is 1.48. The molecule has 2 aliphatic heterocycles. The number of aryl methyl sites for hydroxylation is 1. The van der Waals surface area contributed by atoms with Crippen molar-refractivity contribution in [2.45, 2.75) is 37.8 Å². The molecule has 0 radical (unpaired) electrons. The highest BCUT2D eigenvalue weighted by molar-refractivity contribution is 7.90. The topological polar surface area (TPSA) is 80.4 Å². The first kappa shape index (κ1) is 22.2. The van der Waals surface area contributed by atoms with E-state index < -0.39 is 10.0 Å². The highest BCUT2D eigenvalue weighted by Gasteiger charge is 2.33. The zero-order chi connectivity index (χ0) is 24.3. The summed E-state index contributed by atoms with van der Waals surface area (Å²) in [6.07, 6.45) is 11.8. The summed E-state index contributed by atoms with van der Waals surface area (Å²) in [5.74, 6) is 0.658. The Hall–Kier alpha value is -3.33. The van der Waals surface area contributed by atoms with Crippen molar-refractivity contribution in [3.63, 3.8) is 0 Å². The summed E-state index contributed by atoms with van der Waals surface area (Å²) in [6.45, 7) is 5.09. The quantitative estimate of drug-likeness (QED) is 0.560. The normalized spacial score (nSPS) is 18.5. The van der Waals surface area contributed by atoms with Crippen LogP contribution in [0.5, 0.6) is 0 Å². The lowest BCUT2D eigenvalue weighted by molar-refractivity contribution is 0.0697. The van der Waals surface area contributed by atoms with Gasteiger partial charge in [-0.2, -0.15) is 8.42 Å². The fourth-order valence-electron chi connectivity index (χ4n) is 5.35. The number of nitrogens with zero attached hydrogens (tertiary/aromatic N) is 5. The van der Waals surface area contributed by atoms with Crippen LogP contribution in [0.2, 0.25) is 0 Å². The van der Waals surface area contributed by atoms with Crippen LogP contribution in [0, 0.1) is 5.92 Å². The number of fused-ring (bicyclic) bond motifs is 3. The molecule has 1 amide bonds. The van der Waals surface area contributed by atoms with Crippen molar-refractivity contribution in [2.75, 3.05) is 19.6 Å². The Morgan fingerprint density at radius 3 is 2.57 bits per heavy atom. The molecular formula is C26H29N5O3S. The van der Waals surface area contributed by atoms with Crippen LogP contribution >= 0.6 is 0 Å². The van der Waals surface area contributed by atoms with E-state index in [1.807, 2.05) is 17.0 Å². The molecule has 3 aromatic rings. The molecule has 4 heterocycles. The summed E-state index contributed by atoms with van der Waals surface area (Å²) in [7, 11) is -2.13. The van der Waals surface area contributed by atoms with Gasteiger partial charge in [-0.1, -0.05) is 13.0 Å². The second-order valence-electron chi connectivity index (χ2n) is 9.90. The summed E-state index contributed by atoms with van der Waals surface area (Å²) in [5.41, 5.74) is 4.11. The third kappa shape index (κ3) is 3.60. The first-order valence-electron chi connectivity index (χ1n) is 12.2. The number of piperidine rings is 1. The Kier molecular flexibility index (Phi) is 5.14. The van der Waals surface area contributed by atoms with Gasteiger partial charge in [0.2, 0.25) is 0 Å². The number of likely N-dealkylation sites (tertiary alicyclic amines) is 1. The van der Waals surface area contributed by atoms with Crippen LogP contribution in [0.15, 0.2) is 59.7 Å². The second kappa shape index (κ2) is 8.12. The van der Waals surface area contributed by atoms with E-state index >= 15 is 0 Å².